The molecule has 0 aliphatic carbocycles. The largest absolute Gasteiger partial charge is 0.346 e. The topological polar surface area (TPSA) is 54.5 Å². The quantitative estimate of drug-likeness (QED) is 0.757. The van der Waals surface area contributed by atoms with Crippen LogP contribution >= 0.6 is 11.3 Å². The molecule has 104 valence electrons. The highest BCUT2D eigenvalue weighted by Crippen LogP contribution is 2.34. The van der Waals surface area contributed by atoms with Crippen LogP contribution in [-0.4, -0.2) is 19.9 Å². The third kappa shape index (κ3) is 2.33. The summed E-state index contributed by atoms with van der Waals surface area (Å²) in [6.45, 7) is 4.46. The first-order valence-corrected chi connectivity index (χ1v) is 7.89. The first kappa shape index (κ1) is 13.2. The van der Waals surface area contributed by atoms with Gasteiger partial charge in [-0.05, 0) is 18.9 Å². The van der Waals surface area contributed by atoms with E-state index in [0.717, 1.165) is 28.0 Å². The van der Waals surface area contributed by atoms with Crippen LogP contribution in [0, 0.1) is 0 Å². The van der Waals surface area contributed by atoms with Crippen molar-refractivity contribution in [1.82, 2.24) is 19.9 Å². The summed E-state index contributed by atoms with van der Waals surface area (Å²) in [4.78, 5) is 17.5. The van der Waals surface area contributed by atoms with E-state index in [-0.39, 0.29) is 0 Å². The van der Waals surface area contributed by atoms with Crippen LogP contribution in [0.25, 0.3) is 21.6 Å². The number of hydrogen-bond donors (Lipinski definition) is 1. The van der Waals surface area contributed by atoms with Gasteiger partial charge in [0.2, 0.25) is 0 Å². The summed E-state index contributed by atoms with van der Waals surface area (Å²) in [7, 11) is 0. The lowest BCUT2D eigenvalue weighted by molar-refractivity contribution is 0.592. The average Bonchev–Trinajstić information content (AvgIpc) is 3.12. The molecule has 0 bridgehead atoms. The SMILES string of the molecule is CCC[C@@H](CC)c1ncc(-c2ncnc3[nH]ccc23)s1. The number of rotatable bonds is 5. The van der Waals surface area contributed by atoms with E-state index < -0.39 is 0 Å². The van der Waals surface area contributed by atoms with E-state index in [1.165, 1.54) is 17.8 Å². The first-order valence-electron chi connectivity index (χ1n) is 7.07. The first-order chi connectivity index (χ1) is 9.83. The number of aromatic nitrogens is 4. The molecule has 1 atom stereocenters. The van der Waals surface area contributed by atoms with E-state index in [2.05, 4.69) is 33.8 Å². The van der Waals surface area contributed by atoms with E-state index in [1.807, 2.05) is 18.5 Å². The third-order valence-corrected chi connectivity index (χ3v) is 4.76. The van der Waals surface area contributed by atoms with E-state index in [9.17, 15) is 0 Å². The molecule has 3 aromatic heterocycles. The van der Waals surface area contributed by atoms with Gasteiger partial charge in [0.25, 0.3) is 0 Å². The highest BCUT2D eigenvalue weighted by molar-refractivity contribution is 7.15. The normalized spacial score (nSPS) is 12.9. The van der Waals surface area contributed by atoms with Crippen LogP contribution in [0.15, 0.2) is 24.8 Å². The number of fused-ring (bicyclic) bond motifs is 1. The average molecular weight is 286 g/mol. The molecule has 0 saturated heterocycles. The number of thiazole rings is 1. The van der Waals surface area contributed by atoms with Crippen LogP contribution in [0.1, 0.15) is 44.0 Å². The molecule has 3 heterocycles. The van der Waals surface area contributed by atoms with E-state index in [1.54, 1.807) is 17.7 Å². The van der Waals surface area contributed by atoms with E-state index >= 15 is 0 Å². The van der Waals surface area contributed by atoms with Gasteiger partial charge in [-0.2, -0.15) is 0 Å². The highest BCUT2D eigenvalue weighted by atomic mass is 32.1. The van der Waals surface area contributed by atoms with Crippen molar-refractivity contribution in [2.24, 2.45) is 0 Å². The molecule has 0 aliphatic rings. The molecular formula is C15H18N4S. The van der Waals surface area contributed by atoms with Crippen LogP contribution in [0.5, 0.6) is 0 Å². The zero-order chi connectivity index (χ0) is 13.9. The molecule has 0 aromatic carbocycles. The van der Waals surface area contributed by atoms with Gasteiger partial charge in [-0.25, -0.2) is 15.0 Å². The Morgan fingerprint density at radius 2 is 2.15 bits per heavy atom. The number of H-pyrrole nitrogens is 1. The molecule has 20 heavy (non-hydrogen) atoms. The Hall–Kier alpha value is -1.75. The lowest BCUT2D eigenvalue weighted by atomic mass is 10.0. The molecule has 1 N–H and O–H groups in total. The Morgan fingerprint density at radius 3 is 2.95 bits per heavy atom. The smallest absolute Gasteiger partial charge is 0.141 e. The third-order valence-electron chi connectivity index (χ3n) is 3.59. The van der Waals surface area contributed by atoms with Gasteiger partial charge in [-0.15, -0.1) is 11.3 Å². The fourth-order valence-electron chi connectivity index (χ4n) is 2.51. The molecule has 0 saturated carbocycles. The molecule has 5 heteroatoms. The maximum atomic E-state index is 4.62. The van der Waals surface area contributed by atoms with Crippen LogP contribution in [0.3, 0.4) is 0 Å². The number of nitrogens with zero attached hydrogens (tertiary/aromatic N) is 3. The van der Waals surface area contributed by atoms with Gasteiger partial charge in [0.05, 0.1) is 15.6 Å². The number of hydrogen-bond acceptors (Lipinski definition) is 4. The Morgan fingerprint density at radius 1 is 1.25 bits per heavy atom. The van der Waals surface area contributed by atoms with Crippen LogP contribution in [0.4, 0.5) is 0 Å². The Bertz CT molecular complexity index is 701. The van der Waals surface area contributed by atoms with Crippen molar-refractivity contribution in [2.75, 3.05) is 0 Å². The second kappa shape index (κ2) is 5.71. The van der Waals surface area contributed by atoms with Crippen LogP contribution < -0.4 is 0 Å². The Kier molecular flexibility index (Phi) is 3.78. The summed E-state index contributed by atoms with van der Waals surface area (Å²) >= 11 is 1.76. The van der Waals surface area contributed by atoms with Crippen molar-refractivity contribution in [3.63, 3.8) is 0 Å². The molecular weight excluding hydrogens is 268 g/mol. The Labute approximate surface area is 122 Å². The Balaban J connectivity index is 1.99. The summed E-state index contributed by atoms with van der Waals surface area (Å²) < 4.78 is 0. The van der Waals surface area contributed by atoms with Crippen molar-refractivity contribution in [3.8, 4) is 10.6 Å². The van der Waals surface area contributed by atoms with E-state index in [0.29, 0.717) is 5.92 Å². The van der Waals surface area contributed by atoms with Crippen molar-refractivity contribution < 1.29 is 0 Å². The number of nitrogens with one attached hydrogen (secondary N) is 1. The van der Waals surface area contributed by atoms with Crippen LogP contribution in [0.2, 0.25) is 0 Å². The maximum Gasteiger partial charge on any atom is 0.141 e. The van der Waals surface area contributed by atoms with Crippen molar-refractivity contribution >= 4 is 22.4 Å². The van der Waals surface area contributed by atoms with Gasteiger partial charge in [-0.3, -0.25) is 0 Å². The zero-order valence-electron chi connectivity index (χ0n) is 11.8. The van der Waals surface area contributed by atoms with Gasteiger partial charge < -0.3 is 4.98 Å². The van der Waals surface area contributed by atoms with Crippen molar-refractivity contribution in [2.45, 2.75) is 39.0 Å². The summed E-state index contributed by atoms with van der Waals surface area (Å²) in [5.41, 5.74) is 1.86. The highest BCUT2D eigenvalue weighted by Gasteiger charge is 2.15. The monoisotopic (exact) mass is 286 g/mol. The van der Waals surface area contributed by atoms with Gasteiger partial charge >= 0.3 is 0 Å². The summed E-state index contributed by atoms with van der Waals surface area (Å²) in [5.74, 6) is 0.572. The minimum atomic E-state index is 0.572. The van der Waals surface area contributed by atoms with Crippen molar-refractivity contribution in [1.29, 1.82) is 0 Å². The maximum absolute atomic E-state index is 4.62. The zero-order valence-corrected chi connectivity index (χ0v) is 12.6. The van der Waals surface area contributed by atoms with Gasteiger partial charge in [-0.1, -0.05) is 20.3 Å². The van der Waals surface area contributed by atoms with Gasteiger partial charge in [0.1, 0.15) is 12.0 Å². The van der Waals surface area contributed by atoms with Gasteiger partial charge in [0.15, 0.2) is 0 Å². The van der Waals surface area contributed by atoms with Crippen molar-refractivity contribution in [3.05, 3.63) is 29.8 Å². The molecule has 0 aliphatic heterocycles. The fraction of sp³-hybridized carbons (Fsp3) is 0.400. The molecule has 3 rings (SSSR count). The standard InChI is InChI=1S/C15H18N4S/c1-3-5-10(4-2)15-17-8-12(20-15)13-11-6-7-16-14(11)19-9-18-13/h6-10H,3-5H2,1-2H3,(H,16,18,19)/t10-/m1/s1. The molecule has 0 radical (unpaired) electrons. The predicted molar refractivity (Wildman–Crippen MR) is 82.9 cm³/mol. The second-order valence-corrected chi connectivity index (χ2v) is 5.98. The molecule has 0 spiro atoms. The summed E-state index contributed by atoms with van der Waals surface area (Å²) in [6, 6.07) is 2.02. The predicted octanol–water partition coefficient (Wildman–Crippen LogP) is 4.38. The van der Waals surface area contributed by atoms with Crippen LogP contribution in [-0.2, 0) is 0 Å². The summed E-state index contributed by atoms with van der Waals surface area (Å²) in [5, 5.41) is 2.29. The second-order valence-electron chi connectivity index (χ2n) is 4.92. The minimum Gasteiger partial charge on any atom is -0.346 e. The molecule has 0 fully saturated rings. The molecule has 4 nitrogen and oxygen atoms in total. The van der Waals surface area contributed by atoms with Gasteiger partial charge in [0, 0.05) is 23.7 Å². The lowest BCUT2D eigenvalue weighted by Crippen LogP contribution is -1.95. The molecule has 0 amide bonds. The van der Waals surface area contributed by atoms with E-state index in [4.69, 9.17) is 0 Å². The molecule has 3 aromatic rings. The molecule has 0 unspecified atom stereocenters. The fourth-order valence-corrected chi connectivity index (χ4v) is 3.65. The number of aromatic amines is 1. The summed E-state index contributed by atoms with van der Waals surface area (Å²) in [6.07, 6.45) is 9.00. The lowest BCUT2D eigenvalue weighted by Gasteiger charge is -2.09. The minimum absolute atomic E-state index is 0.572.